The first kappa shape index (κ1) is 21.4. The highest BCUT2D eigenvalue weighted by Gasteiger charge is 2.38. The molecule has 0 heterocycles. The van der Waals surface area contributed by atoms with Crippen LogP contribution < -0.4 is 10.2 Å². The minimum absolute atomic E-state index is 0.0601. The van der Waals surface area contributed by atoms with Gasteiger partial charge in [0.2, 0.25) is 0 Å². The summed E-state index contributed by atoms with van der Waals surface area (Å²) in [6.45, 7) is 1.41. The maximum absolute atomic E-state index is 12.3. The molecule has 0 fully saturated rings. The second-order valence-electron chi connectivity index (χ2n) is 7.00. The van der Waals surface area contributed by atoms with Gasteiger partial charge in [-0.2, -0.15) is 13.2 Å². The molecule has 3 aromatic carbocycles. The number of rotatable bonds is 8. The van der Waals surface area contributed by atoms with E-state index in [1.54, 1.807) is 0 Å². The minimum Gasteiger partial charge on any atom is -0.363 e. The van der Waals surface area contributed by atoms with Gasteiger partial charge in [-0.1, -0.05) is 72.8 Å². The van der Waals surface area contributed by atoms with Crippen LogP contribution in [-0.4, -0.2) is 18.6 Å². The van der Waals surface area contributed by atoms with Crippen molar-refractivity contribution in [3.63, 3.8) is 0 Å². The van der Waals surface area contributed by atoms with Crippen molar-refractivity contribution in [3.05, 3.63) is 102 Å². The summed E-state index contributed by atoms with van der Waals surface area (Å²) in [6, 6.07) is 28.0. The van der Waals surface area contributed by atoms with Crippen LogP contribution in [0.4, 0.5) is 18.9 Å². The molecule has 0 bridgehead atoms. The van der Waals surface area contributed by atoms with Gasteiger partial charge in [0.05, 0.1) is 0 Å². The number of nitrogens with one attached hydrogen (secondary N) is 1. The van der Waals surface area contributed by atoms with E-state index < -0.39 is 12.1 Å². The maximum atomic E-state index is 12.3. The molecular formula is C24H23F3N2O. The van der Waals surface area contributed by atoms with Crippen LogP contribution in [0.1, 0.15) is 16.7 Å². The lowest BCUT2D eigenvalue weighted by Crippen LogP contribution is -2.37. The van der Waals surface area contributed by atoms with Gasteiger partial charge in [0.25, 0.3) is 0 Å². The summed E-state index contributed by atoms with van der Waals surface area (Å²) in [4.78, 5) is 13.2. The Labute approximate surface area is 174 Å². The number of amides is 1. The molecule has 3 aromatic rings. The number of carbonyl (C=O) groups excluding carboxylic acids is 1. The average molecular weight is 412 g/mol. The van der Waals surface area contributed by atoms with Crippen molar-refractivity contribution < 1.29 is 18.0 Å². The molecule has 0 saturated heterocycles. The number of hydrogen-bond donors (Lipinski definition) is 1. The lowest BCUT2D eigenvalue weighted by atomic mass is 10.1. The molecule has 0 aliphatic heterocycles. The summed E-state index contributed by atoms with van der Waals surface area (Å²) in [5, 5.41) is 1.90. The lowest BCUT2D eigenvalue weighted by Gasteiger charge is -2.25. The quantitative estimate of drug-likeness (QED) is 0.557. The fraction of sp³-hybridized carbons (Fsp3) is 0.208. The van der Waals surface area contributed by atoms with Gasteiger partial charge in [-0.05, 0) is 35.2 Å². The number of hydrogen-bond acceptors (Lipinski definition) is 2. The Kier molecular flexibility index (Phi) is 7.12. The first-order chi connectivity index (χ1) is 14.4. The molecule has 0 atom stereocenters. The molecule has 156 valence electrons. The molecule has 30 heavy (non-hydrogen) atoms. The maximum Gasteiger partial charge on any atom is 0.471 e. The number of halogens is 3. The first-order valence-electron chi connectivity index (χ1n) is 9.68. The van der Waals surface area contributed by atoms with Crippen molar-refractivity contribution >= 4 is 11.6 Å². The van der Waals surface area contributed by atoms with Gasteiger partial charge < -0.3 is 10.2 Å². The molecule has 0 radical (unpaired) electrons. The van der Waals surface area contributed by atoms with Crippen LogP contribution in [-0.2, 0) is 24.3 Å². The number of carbonyl (C=O) groups is 1. The summed E-state index contributed by atoms with van der Waals surface area (Å²) >= 11 is 0. The zero-order valence-corrected chi connectivity index (χ0v) is 16.4. The summed E-state index contributed by atoms with van der Waals surface area (Å²) in [5.74, 6) is -1.91. The monoisotopic (exact) mass is 412 g/mol. The van der Waals surface area contributed by atoms with Gasteiger partial charge in [0.15, 0.2) is 0 Å². The van der Waals surface area contributed by atoms with Gasteiger partial charge >= 0.3 is 12.1 Å². The van der Waals surface area contributed by atoms with Crippen LogP contribution in [0, 0.1) is 0 Å². The predicted molar refractivity (Wildman–Crippen MR) is 112 cm³/mol. The van der Waals surface area contributed by atoms with E-state index in [4.69, 9.17) is 0 Å². The highest BCUT2D eigenvalue weighted by atomic mass is 19.4. The van der Waals surface area contributed by atoms with Crippen molar-refractivity contribution in [1.82, 2.24) is 5.32 Å². The third kappa shape index (κ3) is 6.37. The van der Waals surface area contributed by atoms with Crippen molar-refractivity contribution in [3.8, 4) is 0 Å². The van der Waals surface area contributed by atoms with Gasteiger partial charge in [-0.25, -0.2) is 0 Å². The first-order valence-corrected chi connectivity index (χ1v) is 9.68. The Morgan fingerprint density at radius 3 is 1.70 bits per heavy atom. The minimum atomic E-state index is -4.85. The van der Waals surface area contributed by atoms with Crippen LogP contribution in [0.15, 0.2) is 84.9 Å². The Morgan fingerprint density at radius 2 is 1.23 bits per heavy atom. The van der Waals surface area contributed by atoms with Gasteiger partial charge in [-0.3, -0.25) is 4.79 Å². The van der Waals surface area contributed by atoms with Crippen LogP contribution in [0.25, 0.3) is 0 Å². The van der Waals surface area contributed by atoms with Crippen LogP contribution >= 0.6 is 0 Å². The highest BCUT2D eigenvalue weighted by Crippen LogP contribution is 2.21. The third-order valence-electron chi connectivity index (χ3n) is 4.69. The second kappa shape index (κ2) is 9.96. The van der Waals surface area contributed by atoms with E-state index in [-0.39, 0.29) is 6.54 Å². The summed E-state index contributed by atoms with van der Waals surface area (Å²) in [5.41, 5.74) is 4.26. The Hall–Kier alpha value is -3.28. The lowest BCUT2D eigenvalue weighted by molar-refractivity contribution is -0.173. The molecule has 0 aliphatic carbocycles. The SMILES string of the molecule is O=C(NCCc1ccc(N(Cc2ccccc2)Cc2ccccc2)cc1)C(F)(F)F. The van der Waals surface area contributed by atoms with E-state index in [2.05, 4.69) is 29.2 Å². The number of benzene rings is 3. The average Bonchev–Trinajstić information content (AvgIpc) is 2.74. The molecular weight excluding hydrogens is 389 g/mol. The largest absolute Gasteiger partial charge is 0.471 e. The fourth-order valence-corrected chi connectivity index (χ4v) is 3.14. The molecule has 0 aromatic heterocycles. The number of nitrogens with zero attached hydrogens (tertiary/aromatic N) is 1. The topological polar surface area (TPSA) is 32.3 Å². The van der Waals surface area contributed by atoms with Crippen molar-refractivity contribution in [2.24, 2.45) is 0 Å². The van der Waals surface area contributed by atoms with E-state index >= 15 is 0 Å². The Bertz CT molecular complexity index is 885. The molecule has 1 N–H and O–H groups in total. The summed E-state index contributed by atoms with van der Waals surface area (Å²) in [7, 11) is 0. The van der Waals surface area contributed by atoms with E-state index in [0.29, 0.717) is 6.42 Å². The molecule has 0 saturated carbocycles. The van der Waals surface area contributed by atoms with Crippen molar-refractivity contribution in [2.45, 2.75) is 25.7 Å². The van der Waals surface area contributed by atoms with E-state index in [0.717, 1.165) is 24.3 Å². The zero-order chi connectivity index (χ0) is 21.4. The van der Waals surface area contributed by atoms with Crippen LogP contribution in [0.5, 0.6) is 0 Å². The predicted octanol–water partition coefficient (Wildman–Crippen LogP) is 5.11. The van der Waals surface area contributed by atoms with Crippen molar-refractivity contribution in [1.29, 1.82) is 0 Å². The van der Waals surface area contributed by atoms with E-state index in [1.165, 1.54) is 11.1 Å². The highest BCUT2D eigenvalue weighted by molar-refractivity contribution is 5.81. The smallest absolute Gasteiger partial charge is 0.363 e. The zero-order valence-electron chi connectivity index (χ0n) is 16.4. The molecule has 3 rings (SSSR count). The Balaban J connectivity index is 1.68. The Morgan fingerprint density at radius 1 is 0.733 bits per heavy atom. The molecule has 6 heteroatoms. The van der Waals surface area contributed by atoms with Crippen molar-refractivity contribution in [2.75, 3.05) is 11.4 Å². The number of alkyl halides is 3. The third-order valence-corrected chi connectivity index (χ3v) is 4.69. The molecule has 0 spiro atoms. The second-order valence-corrected chi connectivity index (χ2v) is 7.00. The molecule has 1 amide bonds. The van der Waals surface area contributed by atoms with Gasteiger partial charge in [-0.15, -0.1) is 0 Å². The number of anilines is 1. The molecule has 0 aliphatic rings. The van der Waals surface area contributed by atoms with Gasteiger partial charge in [0.1, 0.15) is 0 Å². The summed E-state index contributed by atoms with van der Waals surface area (Å²) < 4.78 is 36.8. The van der Waals surface area contributed by atoms with E-state index in [1.807, 2.05) is 66.0 Å². The van der Waals surface area contributed by atoms with Crippen LogP contribution in [0.2, 0.25) is 0 Å². The van der Waals surface area contributed by atoms with Gasteiger partial charge in [0, 0.05) is 25.3 Å². The standard InChI is InChI=1S/C24H23F3N2O/c25-24(26,27)23(30)28-16-15-19-11-13-22(14-12-19)29(17-20-7-3-1-4-8-20)18-21-9-5-2-6-10-21/h1-14H,15-18H2,(H,28,30). The summed E-state index contributed by atoms with van der Waals surface area (Å²) in [6.07, 6.45) is -4.52. The molecule has 0 unspecified atom stereocenters. The van der Waals surface area contributed by atoms with E-state index in [9.17, 15) is 18.0 Å². The molecule has 3 nitrogen and oxygen atoms in total. The fourth-order valence-electron chi connectivity index (χ4n) is 3.14. The van der Waals surface area contributed by atoms with Crippen LogP contribution in [0.3, 0.4) is 0 Å². The normalized spacial score (nSPS) is 11.2.